The van der Waals surface area contributed by atoms with Crippen molar-refractivity contribution in [1.82, 2.24) is 5.32 Å². The normalized spacial score (nSPS) is 14.2. The lowest BCUT2D eigenvalue weighted by molar-refractivity contribution is 0.412. The van der Waals surface area contributed by atoms with Crippen LogP contribution < -0.4 is 5.32 Å². The third-order valence-corrected chi connectivity index (χ3v) is 2.42. The lowest BCUT2D eigenvalue weighted by atomic mass is 10.1. The van der Waals surface area contributed by atoms with Gasteiger partial charge in [0.25, 0.3) is 0 Å². The van der Waals surface area contributed by atoms with E-state index < -0.39 is 0 Å². The Labute approximate surface area is 77.9 Å². The van der Waals surface area contributed by atoms with Crippen LogP contribution >= 0.6 is 0 Å². The monoisotopic (exact) mass is 171 g/mol. The highest BCUT2D eigenvalue weighted by Gasteiger charge is 2.04. The minimum Gasteiger partial charge on any atom is -0.314 e. The highest BCUT2D eigenvalue weighted by Crippen LogP contribution is 2.04. The van der Waals surface area contributed by atoms with Gasteiger partial charge in [-0.15, -0.1) is 0 Å². The van der Waals surface area contributed by atoms with Gasteiger partial charge < -0.3 is 5.32 Å². The van der Waals surface area contributed by atoms with Crippen LogP contribution in [0.5, 0.6) is 0 Å². The molecule has 0 aromatic carbocycles. The Morgan fingerprint density at radius 3 is 2.00 bits per heavy atom. The zero-order valence-electron chi connectivity index (χ0n) is 9.35. The summed E-state index contributed by atoms with van der Waals surface area (Å²) in [5, 5.41) is 3.54. The summed E-state index contributed by atoms with van der Waals surface area (Å²) in [5.74, 6) is 1.60. The number of rotatable bonds is 6. The van der Waals surface area contributed by atoms with Gasteiger partial charge in [0.1, 0.15) is 0 Å². The van der Waals surface area contributed by atoms with Crippen molar-refractivity contribution < 1.29 is 0 Å². The number of hydrogen-bond donors (Lipinski definition) is 1. The second-order valence-electron chi connectivity index (χ2n) is 4.52. The lowest BCUT2D eigenvalue weighted by Gasteiger charge is -2.17. The van der Waals surface area contributed by atoms with E-state index in [1.807, 2.05) is 0 Å². The van der Waals surface area contributed by atoms with Gasteiger partial charge in [0.2, 0.25) is 0 Å². The Hall–Kier alpha value is -0.0400. The fourth-order valence-electron chi connectivity index (χ4n) is 1.08. The highest BCUT2D eigenvalue weighted by atomic mass is 14.9. The van der Waals surface area contributed by atoms with Crippen LogP contribution in [0.1, 0.15) is 47.5 Å². The Balaban J connectivity index is 3.20. The molecule has 74 valence electrons. The Morgan fingerprint density at radius 1 is 1.00 bits per heavy atom. The van der Waals surface area contributed by atoms with Gasteiger partial charge in [-0.05, 0) is 38.1 Å². The standard InChI is InChI=1S/C11H25N/c1-9(2)7-6-8-12-11(5)10(3)4/h9-12H,6-8H2,1-5H3/t11-/m0/s1. The van der Waals surface area contributed by atoms with Crippen molar-refractivity contribution in [1.29, 1.82) is 0 Å². The molecule has 1 heteroatoms. The molecule has 0 saturated carbocycles. The number of nitrogens with one attached hydrogen (secondary N) is 1. The maximum absolute atomic E-state index is 3.54. The van der Waals surface area contributed by atoms with Crippen molar-refractivity contribution >= 4 is 0 Å². The largest absolute Gasteiger partial charge is 0.314 e. The fraction of sp³-hybridized carbons (Fsp3) is 1.00. The van der Waals surface area contributed by atoms with E-state index >= 15 is 0 Å². The molecule has 0 aliphatic rings. The van der Waals surface area contributed by atoms with Crippen LogP contribution in [-0.2, 0) is 0 Å². The second kappa shape index (κ2) is 6.47. The molecule has 1 nitrogen and oxygen atoms in total. The van der Waals surface area contributed by atoms with E-state index in [1.165, 1.54) is 19.4 Å². The molecule has 0 fully saturated rings. The van der Waals surface area contributed by atoms with Crippen molar-refractivity contribution in [2.45, 2.75) is 53.5 Å². The zero-order chi connectivity index (χ0) is 9.56. The quantitative estimate of drug-likeness (QED) is 0.606. The molecule has 0 unspecified atom stereocenters. The topological polar surface area (TPSA) is 12.0 Å². The van der Waals surface area contributed by atoms with Gasteiger partial charge in [-0.1, -0.05) is 27.7 Å². The van der Waals surface area contributed by atoms with E-state index in [9.17, 15) is 0 Å². The minimum absolute atomic E-state index is 0.664. The Kier molecular flexibility index (Phi) is 6.45. The van der Waals surface area contributed by atoms with E-state index in [-0.39, 0.29) is 0 Å². The summed E-state index contributed by atoms with van der Waals surface area (Å²) in [4.78, 5) is 0. The summed E-state index contributed by atoms with van der Waals surface area (Å²) in [7, 11) is 0. The molecule has 0 aliphatic heterocycles. The van der Waals surface area contributed by atoms with Crippen molar-refractivity contribution in [2.24, 2.45) is 11.8 Å². The second-order valence-corrected chi connectivity index (χ2v) is 4.52. The van der Waals surface area contributed by atoms with Crippen molar-refractivity contribution in [3.8, 4) is 0 Å². The van der Waals surface area contributed by atoms with Gasteiger partial charge >= 0.3 is 0 Å². The van der Waals surface area contributed by atoms with E-state index in [1.54, 1.807) is 0 Å². The van der Waals surface area contributed by atoms with E-state index in [4.69, 9.17) is 0 Å². The Morgan fingerprint density at radius 2 is 1.58 bits per heavy atom. The van der Waals surface area contributed by atoms with Crippen molar-refractivity contribution in [2.75, 3.05) is 6.54 Å². The van der Waals surface area contributed by atoms with Crippen LogP contribution in [0.4, 0.5) is 0 Å². The fourth-order valence-corrected chi connectivity index (χ4v) is 1.08. The summed E-state index contributed by atoms with van der Waals surface area (Å²) in [6, 6.07) is 0.664. The molecule has 0 rings (SSSR count). The lowest BCUT2D eigenvalue weighted by Crippen LogP contribution is -2.31. The van der Waals surface area contributed by atoms with Gasteiger partial charge in [-0.3, -0.25) is 0 Å². The summed E-state index contributed by atoms with van der Waals surface area (Å²) in [6.07, 6.45) is 2.66. The Bertz CT molecular complexity index is 97.2. The molecule has 0 saturated heterocycles. The van der Waals surface area contributed by atoms with Crippen LogP contribution in [0.2, 0.25) is 0 Å². The smallest absolute Gasteiger partial charge is 0.00617 e. The van der Waals surface area contributed by atoms with Gasteiger partial charge in [0.05, 0.1) is 0 Å². The van der Waals surface area contributed by atoms with Crippen LogP contribution in [0.25, 0.3) is 0 Å². The van der Waals surface area contributed by atoms with Crippen LogP contribution in [-0.4, -0.2) is 12.6 Å². The maximum Gasteiger partial charge on any atom is 0.00617 e. The van der Waals surface area contributed by atoms with Crippen molar-refractivity contribution in [3.05, 3.63) is 0 Å². The molecular weight excluding hydrogens is 146 g/mol. The average molecular weight is 171 g/mol. The maximum atomic E-state index is 3.54. The third-order valence-electron chi connectivity index (χ3n) is 2.42. The molecule has 1 atom stereocenters. The van der Waals surface area contributed by atoms with Gasteiger partial charge in [0.15, 0.2) is 0 Å². The predicted octanol–water partition coefficient (Wildman–Crippen LogP) is 3.06. The summed E-state index contributed by atoms with van der Waals surface area (Å²) in [6.45, 7) is 12.5. The molecule has 0 heterocycles. The molecule has 1 N–H and O–H groups in total. The zero-order valence-corrected chi connectivity index (χ0v) is 9.35. The molecule has 0 aromatic rings. The molecule has 0 spiro atoms. The first kappa shape index (κ1) is 12.0. The first-order valence-corrected chi connectivity index (χ1v) is 5.27. The number of hydrogen-bond acceptors (Lipinski definition) is 1. The van der Waals surface area contributed by atoms with Crippen LogP contribution in [0, 0.1) is 11.8 Å². The third kappa shape index (κ3) is 6.66. The van der Waals surface area contributed by atoms with Gasteiger partial charge in [-0.2, -0.15) is 0 Å². The summed E-state index contributed by atoms with van der Waals surface area (Å²) >= 11 is 0. The van der Waals surface area contributed by atoms with E-state index in [0.29, 0.717) is 6.04 Å². The first-order chi connectivity index (χ1) is 5.54. The first-order valence-electron chi connectivity index (χ1n) is 5.27. The summed E-state index contributed by atoms with van der Waals surface area (Å²) < 4.78 is 0. The van der Waals surface area contributed by atoms with E-state index in [0.717, 1.165) is 11.8 Å². The SMILES string of the molecule is CC(C)CCCN[C@@H](C)C(C)C. The molecule has 0 radical (unpaired) electrons. The van der Waals surface area contributed by atoms with Gasteiger partial charge in [0, 0.05) is 6.04 Å². The van der Waals surface area contributed by atoms with Crippen LogP contribution in [0.15, 0.2) is 0 Å². The van der Waals surface area contributed by atoms with Crippen LogP contribution in [0.3, 0.4) is 0 Å². The average Bonchev–Trinajstić information content (AvgIpc) is 1.97. The molecule has 0 aromatic heterocycles. The summed E-state index contributed by atoms with van der Waals surface area (Å²) in [5.41, 5.74) is 0. The molecule has 0 aliphatic carbocycles. The van der Waals surface area contributed by atoms with Gasteiger partial charge in [-0.25, -0.2) is 0 Å². The molecule has 0 bridgehead atoms. The van der Waals surface area contributed by atoms with Crippen molar-refractivity contribution in [3.63, 3.8) is 0 Å². The van der Waals surface area contributed by atoms with E-state index in [2.05, 4.69) is 39.9 Å². The molecule has 0 amide bonds. The minimum atomic E-state index is 0.664. The highest BCUT2D eigenvalue weighted by molar-refractivity contribution is 4.64. The molecule has 12 heavy (non-hydrogen) atoms. The predicted molar refractivity (Wildman–Crippen MR) is 56.4 cm³/mol. The molecular formula is C11H25N.